The lowest BCUT2D eigenvalue weighted by Gasteiger charge is -2.16. The van der Waals surface area contributed by atoms with E-state index in [1.807, 2.05) is 0 Å². The highest BCUT2D eigenvalue weighted by Crippen LogP contribution is 2.28. The second-order valence-corrected chi connectivity index (χ2v) is 3.43. The molecule has 100 valence electrons. The van der Waals surface area contributed by atoms with Crippen LogP contribution in [-0.4, -0.2) is 38.2 Å². The number of methoxy groups -OCH3 is 2. The summed E-state index contributed by atoms with van der Waals surface area (Å²) in [5.74, 6) is -0.836. The van der Waals surface area contributed by atoms with E-state index in [0.717, 1.165) is 12.1 Å². The van der Waals surface area contributed by atoms with E-state index in [-0.39, 0.29) is 30.2 Å². The quantitative estimate of drug-likeness (QED) is 0.659. The smallest absolute Gasteiger partial charge is 0.233 e. The molecular formula is C12H18N2O4. The van der Waals surface area contributed by atoms with Crippen LogP contribution in [0.4, 0.5) is 0 Å². The molecule has 0 aromatic heterocycles. The molecule has 1 amide bonds. The summed E-state index contributed by atoms with van der Waals surface area (Å²) in [5.41, 5.74) is 5.08. The highest BCUT2D eigenvalue weighted by atomic mass is 16.5. The van der Waals surface area contributed by atoms with Crippen molar-refractivity contribution in [2.75, 3.05) is 27.2 Å². The normalized spacial score (nSPS) is 18.1. The van der Waals surface area contributed by atoms with Gasteiger partial charge in [-0.1, -0.05) is 0 Å². The Bertz CT molecular complexity index is 576. The van der Waals surface area contributed by atoms with Crippen molar-refractivity contribution in [3.8, 4) is 11.5 Å². The van der Waals surface area contributed by atoms with Crippen molar-refractivity contribution in [1.29, 1.82) is 0 Å². The lowest BCUT2D eigenvalue weighted by Crippen LogP contribution is -2.33. The van der Waals surface area contributed by atoms with E-state index in [0.29, 0.717) is 0 Å². The summed E-state index contributed by atoms with van der Waals surface area (Å²) in [6.07, 6.45) is -1.36. The minimum atomic E-state index is -2.78. The molecule has 1 atom stereocenters. The molecular weight excluding hydrogens is 236 g/mol. The summed E-state index contributed by atoms with van der Waals surface area (Å²) in [4.78, 5) is 11.1. The van der Waals surface area contributed by atoms with Crippen LogP contribution in [0.1, 0.15) is 19.9 Å². The Morgan fingerprint density at radius 2 is 2.33 bits per heavy atom. The molecule has 0 saturated heterocycles. The third kappa shape index (κ3) is 3.61. The second-order valence-electron chi connectivity index (χ2n) is 3.43. The summed E-state index contributed by atoms with van der Waals surface area (Å²) in [7, 11) is -5.50. The van der Waals surface area contributed by atoms with Gasteiger partial charge in [-0.05, 0) is 18.2 Å². The highest BCUT2D eigenvalue weighted by molar-refractivity contribution is 5.77. The summed E-state index contributed by atoms with van der Waals surface area (Å²) < 4.78 is 52.1. The SMILES string of the molecule is [2H]C([2H])([2H])Oc1ccc(OC([2H])([2H])[2H])c(C(O)CNC(=O)CN)c1. The van der Waals surface area contributed by atoms with Gasteiger partial charge in [0.15, 0.2) is 0 Å². The number of nitrogens with one attached hydrogen (secondary N) is 1. The molecule has 1 aromatic carbocycles. The molecule has 6 heteroatoms. The first-order valence-corrected chi connectivity index (χ1v) is 5.08. The molecule has 0 saturated carbocycles. The van der Waals surface area contributed by atoms with Crippen LogP contribution >= 0.6 is 0 Å². The number of amides is 1. The Kier molecular flexibility index (Phi) is 2.88. The Balaban J connectivity index is 3.08. The molecule has 0 aliphatic carbocycles. The van der Waals surface area contributed by atoms with Gasteiger partial charge in [0.25, 0.3) is 0 Å². The fourth-order valence-electron chi connectivity index (χ4n) is 1.34. The van der Waals surface area contributed by atoms with Gasteiger partial charge in [0.05, 0.1) is 34.9 Å². The van der Waals surface area contributed by atoms with Crippen molar-refractivity contribution >= 4 is 5.91 Å². The van der Waals surface area contributed by atoms with E-state index in [1.165, 1.54) is 6.07 Å². The van der Waals surface area contributed by atoms with E-state index >= 15 is 0 Å². The fraction of sp³-hybridized carbons (Fsp3) is 0.417. The first-order chi connectivity index (χ1) is 10.9. The van der Waals surface area contributed by atoms with E-state index < -0.39 is 26.1 Å². The molecule has 0 fully saturated rings. The molecule has 18 heavy (non-hydrogen) atoms. The molecule has 0 spiro atoms. The van der Waals surface area contributed by atoms with Crippen LogP contribution in [0, 0.1) is 0 Å². The number of rotatable bonds is 6. The minimum absolute atomic E-state index is 0.0507. The van der Waals surface area contributed by atoms with Crippen LogP contribution in [0.3, 0.4) is 0 Å². The van der Waals surface area contributed by atoms with Crippen molar-refractivity contribution < 1.29 is 27.6 Å². The molecule has 1 aromatic rings. The van der Waals surface area contributed by atoms with E-state index in [1.54, 1.807) is 0 Å². The van der Waals surface area contributed by atoms with E-state index in [2.05, 4.69) is 5.32 Å². The molecule has 0 bridgehead atoms. The van der Waals surface area contributed by atoms with Gasteiger partial charge in [-0.15, -0.1) is 0 Å². The van der Waals surface area contributed by atoms with Crippen LogP contribution in [0.25, 0.3) is 0 Å². The van der Waals surface area contributed by atoms with Gasteiger partial charge in [0.2, 0.25) is 5.91 Å². The fourth-order valence-corrected chi connectivity index (χ4v) is 1.34. The average Bonchev–Trinajstić information content (AvgIpc) is 2.42. The lowest BCUT2D eigenvalue weighted by molar-refractivity contribution is -0.120. The zero-order valence-corrected chi connectivity index (χ0v) is 9.47. The second kappa shape index (κ2) is 6.83. The number of hydrogen-bond donors (Lipinski definition) is 3. The monoisotopic (exact) mass is 260 g/mol. The number of ether oxygens (including phenoxy) is 2. The first-order valence-electron chi connectivity index (χ1n) is 8.08. The Morgan fingerprint density at radius 3 is 3.00 bits per heavy atom. The Morgan fingerprint density at radius 1 is 1.56 bits per heavy atom. The Labute approximate surface area is 114 Å². The van der Waals surface area contributed by atoms with Gasteiger partial charge in [0.1, 0.15) is 11.5 Å². The maximum atomic E-state index is 11.1. The van der Waals surface area contributed by atoms with E-state index in [4.69, 9.17) is 23.4 Å². The number of nitrogens with two attached hydrogens (primary N) is 1. The van der Waals surface area contributed by atoms with Gasteiger partial charge in [-0.2, -0.15) is 0 Å². The summed E-state index contributed by atoms with van der Waals surface area (Å²) in [5, 5.41) is 12.5. The maximum Gasteiger partial charge on any atom is 0.233 e. The van der Waals surface area contributed by atoms with Crippen molar-refractivity contribution in [3.05, 3.63) is 23.8 Å². The molecule has 6 nitrogen and oxygen atoms in total. The molecule has 4 N–H and O–H groups in total. The predicted molar refractivity (Wildman–Crippen MR) is 66.6 cm³/mol. The third-order valence-corrected chi connectivity index (χ3v) is 2.25. The minimum Gasteiger partial charge on any atom is -0.497 e. The summed E-state index contributed by atoms with van der Waals surface area (Å²) >= 11 is 0. The number of hydrogen-bond acceptors (Lipinski definition) is 5. The maximum absolute atomic E-state index is 11.1. The molecule has 0 heterocycles. The van der Waals surface area contributed by atoms with Crippen LogP contribution in [0.15, 0.2) is 18.2 Å². The van der Waals surface area contributed by atoms with Crippen LogP contribution < -0.4 is 20.5 Å². The number of aliphatic hydroxyl groups excluding tert-OH is 1. The van der Waals surface area contributed by atoms with Crippen LogP contribution in [-0.2, 0) is 4.79 Å². The lowest BCUT2D eigenvalue weighted by atomic mass is 10.1. The standard InChI is InChI=1S/C12H18N2O4/c1-17-8-3-4-11(18-2)9(5-8)10(15)7-14-12(16)6-13/h3-5,10,15H,6-7,13H2,1-2H3,(H,14,16)/i1D3,2D3. The zero-order chi connectivity index (χ0) is 18.5. The van der Waals surface area contributed by atoms with Gasteiger partial charge < -0.3 is 25.6 Å². The number of aliphatic hydroxyl groups is 1. The predicted octanol–water partition coefficient (Wildman–Crippen LogP) is -0.188. The molecule has 0 aliphatic rings. The van der Waals surface area contributed by atoms with Gasteiger partial charge in [0, 0.05) is 12.1 Å². The molecule has 0 radical (unpaired) electrons. The highest BCUT2D eigenvalue weighted by Gasteiger charge is 2.15. The summed E-state index contributed by atoms with van der Waals surface area (Å²) in [6, 6.07) is 3.49. The number of carbonyl (C=O) groups excluding carboxylic acids is 1. The van der Waals surface area contributed by atoms with Gasteiger partial charge in [-0.3, -0.25) is 4.79 Å². The molecule has 1 unspecified atom stereocenters. The van der Waals surface area contributed by atoms with Crippen molar-refractivity contribution in [3.63, 3.8) is 0 Å². The van der Waals surface area contributed by atoms with Crippen LogP contribution in [0.5, 0.6) is 11.5 Å². The Hall–Kier alpha value is -1.79. The first kappa shape index (κ1) is 7.60. The topological polar surface area (TPSA) is 93.8 Å². The van der Waals surface area contributed by atoms with Gasteiger partial charge >= 0.3 is 0 Å². The summed E-state index contributed by atoms with van der Waals surface area (Å²) in [6.45, 7) is -0.557. The van der Waals surface area contributed by atoms with E-state index in [9.17, 15) is 9.90 Å². The van der Waals surface area contributed by atoms with Crippen molar-refractivity contribution in [2.24, 2.45) is 5.73 Å². The van der Waals surface area contributed by atoms with Crippen LogP contribution in [0.2, 0.25) is 0 Å². The van der Waals surface area contributed by atoms with Crippen molar-refractivity contribution in [2.45, 2.75) is 6.10 Å². The number of benzene rings is 1. The van der Waals surface area contributed by atoms with Gasteiger partial charge in [-0.25, -0.2) is 0 Å². The number of carbonyl (C=O) groups is 1. The largest absolute Gasteiger partial charge is 0.497 e. The third-order valence-electron chi connectivity index (χ3n) is 2.25. The molecule has 0 aliphatic heterocycles. The molecule has 1 rings (SSSR count). The van der Waals surface area contributed by atoms with Crippen molar-refractivity contribution in [1.82, 2.24) is 5.32 Å². The zero-order valence-electron chi connectivity index (χ0n) is 15.5. The average molecular weight is 260 g/mol.